The molecule has 126 valence electrons. The Hall–Kier alpha value is -2.54. The largest absolute Gasteiger partial charge is 0.490 e. The molecule has 3 rings (SSSR count). The Labute approximate surface area is 136 Å². The number of ether oxygens (including phenoxy) is 1. The molecule has 0 aliphatic heterocycles. The Morgan fingerprint density at radius 2 is 1.83 bits per heavy atom. The summed E-state index contributed by atoms with van der Waals surface area (Å²) >= 11 is 0. The van der Waals surface area contributed by atoms with Crippen LogP contribution in [0.3, 0.4) is 0 Å². The second kappa shape index (κ2) is 6.92. The van der Waals surface area contributed by atoms with Gasteiger partial charge in [0.25, 0.3) is 0 Å². The van der Waals surface area contributed by atoms with Crippen molar-refractivity contribution < 1.29 is 17.9 Å². The van der Waals surface area contributed by atoms with Crippen molar-refractivity contribution in [2.45, 2.75) is 12.7 Å². The van der Waals surface area contributed by atoms with Gasteiger partial charge in [-0.2, -0.15) is 13.2 Å². The lowest BCUT2D eigenvalue weighted by atomic mass is 10.2. The first-order valence-electron chi connectivity index (χ1n) is 7.47. The van der Waals surface area contributed by atoms with Gasteiger partial charge in [0.2, 0.25) is 5.82 Å². The van der Waals surface area contributed by atoms with E-state index in [2.05, 4.69) is 15.3 Å². The second-order valence-electron chi connectivity index (χ2n) is 5.25. The van der Waals surface area contributed by atoms with Gasteiger partial charge in [-0.25, -0.2) is 4.98 Å². The van der Waals surface area contributed by atoms with E-state index in [9.17, 15) is 13.2 Å². The molecule has 0 saturated carbocycles. The lowest BCUT2D eigenvalue weighted by molar-refractivity contribution is -0.144. The molecule has 0 fully saturated rings. The molecule has 0 spiro atoms. The van der Waals surface area contributed by atoms with E-state index in [1.165, 1.54) is 6.07 Å². The number of nitrogens with one attached hydrogen (secondary N) is 2. The summed E-state index contributed by atoms with van der Waals surface area (Å²) in [5.74, 6) is -0.684. The van der Waals surface area contributed by atoms with Gasteiger partial charge in [-0.3, -0.25) is 0 Å². The first kappa shape index (κ1) is 16.3. The van der Waals surface area contributed by atoms with Crippen molar-refractivity contribution in [3.05, 3.63) is 59.9 Å². The van der Waals surface area contributed by atoms with Crippen LogP contribution in [-0.2, 0) is 12.7 Å². The average molecular weight is 335 g/mol. The summed E-state index contributed by atoms with van der Waals surface area (Å²) in [4.78, 5) is 5.87. The van der Waals surface area contributed by atoms with Gasteiger partial charge in [0.15, 0.2) is 0 Å². The molecular formula is C17H16F3N3O. The summed E-state index contributed by atoms with van der Waals surface area (Å²) < 4.78 is 43.8. The van der Waals surface area contributed by atoms with Crippen LogP contribution in [0.15, 0.2) is 48.5 Å². The number of aromatic amines is 1. The van der Waals surface area contributed by atoms with Crippen LogP contribution in [0, 0.1) is 0 Å². The van der Waals surface area contributed by atoms with E-state index in [1.807, 2.05) is 30.3 Å². The standard InChI is InChI=1S/C17H16F3N3O/c18-17(19,20)16-22-13-7-4-8-14(15(13)23-16)24-10-9-21-11-12-5-2-1-3-6-12/h1-8,21H,9-11H2,(H,22,23). The maximum Gasteiger partial charge on any atom is 0.449 e. The number of benzene rings is 2. The van der Waals surface area contributed by atoms with E-state index in [1.54, 1.807) is 12.1 Å². The Morgan fingerprint density at radius 3 is 2.58 bits per heavy atom. The fourth-order valence-electron chi connectivity index (χ4n) is 2.32. The molecule has 1 aromatic heterocycles. The average Bonchev–Trinajstić information content (AvgIpc) is 3.01. The van der Waals surface area contributed by atoms with Crippen molar-refractivity contribution in [2.24, 2.45) is 0 Å². The minimum absolute atomic E-state index is 0.188. The van der Waals surface area contributed by atoms with Crippen LogP contribution in [0.5, 0.6) is 5.75 Å². The van der Waals surface area contributed by atoms with Crippen LogP contribution < -0.4 is 10.1 Å². The Balaban J connectivity index is 1.58. The third kappa shape index (κ3) is 3.86. The summed E-state index contributed by atoms with van der Waals surface area (Å²) in [7, 11) is 0. The monoisotopic (exact) mass is 335 g/mol. The molecule has 7 heteroatoms. The van der Waals surface area contributed by atoms with Crippen LogP contribution in [0.25, 0.3) is 11.0 Å². The zero-order valence-corrected chi connectivity index (χ0v) is 12.7. The second-order valence-corrected chi connectivity index (χ2v) is 5.25. The highest BCUT2D eigenvalue weighted by Gasteiger charge is 2.35. The van der Waals surface area contributed by atoms with Crippen LogP contribution >= 0.6 is 0 Å². The first-order chi connectivity index (χ1) is 11.5. The van der Waals surface area contributed by atoms with Crippen molar-refractivity contribution in [3.63, 3.8) is 0 Å². The van der Waals surface area contributed by atoms with Crippen molar-refractivity contribution in [1.29, 1.82) is 0 Å². The third-order valence-electron chi connectivity index (χ3n) is 3.45. The minimum atomic E-state index is -4.51. The Kier molecular flexibility index (Phi) is 4.71. The maximum atomic E-state index is 12.7. The van der Waals surface area contributed by atoms with E-state index < -0.39 is 12.0 Å². The molecule has 2 aromatic carbocycles. The van der Waals surface area contributed by atoms with E-state index in [0.29, 0.717) is 31.0 Å². The van der Waals surface area contributed by atoms with Gasteiger partial charge in [0.05, 0.1) is 5.52 Å². The topological polar surface area (TPSA) is 49.9 Å². The molecule has 1 heterocycles. The highest BCUT2D eigenvalue weighted by atomic mass is 19.4. The minimum Gasteiger partial charge on any atom is -0.490 e. The Bertz CT molecular complexity index is 800. The van der Waals surface area contributed by atoms with Crippen LogP contribution in [-0.4, -0.2) is 23.1 Å². The number of alkyl halides is 3. The quantitative estimate of drug-likeness (QED) is 0.675. The molecule has 0 aliphatic rings. The first-order valence-corrected chi connectivity index (χ1v) is 7.47. The molecule has 0 radical (unpaired) electrons. The molecule has 0 bridgehead atoms. The number of para-hydroxylation sites is 1. The number of H-pyrrole nitrogens is 1. The molecule has 0 saturated heterocycles. The maximum absolute atomic E-state index is 12.7. The van der Waals surface area contributed by atoms with Crippen molar-refractivity contribution in [1.82, 2.24) is 15.3 Å². The fourth-order valence-corrected chi connectivity index (χ4v) is 2.32. The van der Waals surface area contributed by atoms with Gasteiger partial charge >= 0.3 is 6.18 Å². The SMILES string of the molecule is FC(F)(F)c1nc2c(OCCNCc3ccccc3)cccc2[nH]1. The number of nitrogens with zero attached hydrogens (tertiary/aromatic N) is 1. The molecule has 4 nitrogen and oxygen atoms in total. The lowest BCUT2D eigenvalue weighted by Gasteiger charge is -2.08. The summed E-state index contributed by atoms with van der Waals surface area (Å²) in [6.07, 6.45) is -4.51. The molecule has 0 amide bonds. The van der Waals surface area contributed by atoms with Gasteiger partial charge in [0, 0.05) is 13.1 Å². The molecule has 0 aliphatic carbocycles. The van der Waals surface area contributed by atoms with Gasteiger partial charge in [-0.1, -0.05) is 36.4 Å². The Morgan fingerprint density at radius 1 is 1.04 bits per heavy atom. The van der Waals surface area contributed by atoms with Crippen molar-refractivity contribution in [2.75, 3.05) is 13.2 Å². The third-order valence-corrected chi connectivity index (χ3v) is 3.45. The molecule has 3 aromatic rings. The molecular weight excluding hydrogens is 319 g/mol. The lowest BCUT2D eigenvalue weighted by Crippen LogP contribution is -2.20. The number of imidazole rings is 1. The molecule has 0 unspecified atom stereocenters. The van der Waals surface area contributed by atoms with Crippen LogP contribution in [0.4, 0.5) is 13.2 Å². The van der Waals surface area contributed by atoms with Gasteiger partial charge < -0.3 is 15.0 Å². The normalized spacial score (nSPS) is 11.8. The van der Waals surface area contributed by atoms with E-state index in [-0.39, 0.29) is 5.52 Å². The zero-order chi connectivity index (χ0) is 17.0. The summed E-state index contributed by atoms with van der Waals surface area (Å²) in [5, 5.41) is 3.22. The molecule has 0 atom stereocenters. The van der Waals surface area contributed by atoms with Gasteiger partial charge in [-0.15, -0.1) is 0 Å². The van der Waals surface area contributed by atoms with Crippen molar-refractivity contribution in [3.8, 4) is 5.75 Å². The summed E-state index contributed by atoms with van der Waals surface area (Å²) in [6, 6.07) is 14.7. The number of rotatable bonds is 6. The predicted octanol–water partition coefficient (Wildman–Crippen LogP) is 3.75. The fraction of sp³-hybridized carbons (Fsp3) is 0.235. The van der Waals surface area contributed by atoms with Gasteiger partial charge in [0.1, 0.15) is 17.9 Å². The summed E-state index contributed by atoms with van der Waals surface area (Å²) in [6.45, 7) is 1.61. The zero-order valence-electron chi connectivity index (χ0n) is 12.7. The smallest absolute Gasteiger partial charge is 0.449 e. The highest BCUT2D eigenvalue weighted by molar-refractivity contribution is 5.81. The van der Waals surface area contributed by atoms with E-state index in [4.69, 9.17) is 4.74 Å². The number of hydrogen-bond acceptors (Lipinski definition) is 3. The van der Waals surface area contributed by atoms with Crippen LogP contribution in [0.1, 0.15) is 11.4 Å². The highest BCUT2D eigenvalue weighted by Crippen LogP contribution is 2.31. The number of aromatic nitrogens is 2. The molecule has 2 N–H and O–H groups in total. The van der Waals surface area contributed by atoms with E-state index in [0.717, 1.165) is 5.56 Å². The van der Waals surface area contributed by atoms with Gasteiger partial charge in [-0.05, 0) is 17.7 Å². The number of hydrogen-bond donors (Lipinski definition) is 2. The van der Waals surface area contributed by atoms with Crippen LogP contribution in [0.2, 0.25) is 0 Å². The number of fused-ring (bicyclic) bond motifs is 1. The molecule has 24 heavy (non-hydrogen) atoms. The number of halogens is 3. The van der Waals surface area contributed by atoms with E-state index >= 15 is 0 Å². The predicted molar refractivity (Wildman–Crippen MR) is 84.7 cm³/mol. The summed E-state index contributed by atoms with van der Waals surface area (Å²) in [5.41, 5.74) is 1.65. The van der Waals surface area contributed by atoms with Crippen molar-refractivity contribution >= 4 is 11.0 Å².